The molecule has 0 spiro atoms. The summed E-state index contributed by atoms with van der Waals surface area (Å²) in [4.78, 5) is 11.3. The second-order valence-corrected chi connectivity index (χ2v) is 3.16. The molecule has 0 atom stereocenters. The van der Waals surface area contributed by atoms with Gasteiger partial charge in [0.1, 0.15) is 0 Å². The summed E-state index contributed by atoms with van der Waals surface area (Å²) >= 11 is 0. The van der Waals surface area contributed by atoms with Gasteiger partial charge in [-0.1, -0.05) is 19.4 Å². The Labute approximate surface area is 83.9 Å². The molecule has 14 heavy (non-hydrogen) atoms. The van der Waals surface area contributed by atoms with Crippen LogP contribution in [0.2, 0.25) is 0 Å². The number of aryl methyl sites for hydroxylation is 1. The highest BCUT2D eigenvalue weighted by Gasteiger charge is 2.09. The number of carbonyl (C=O) groups excluding carboxylic acids is 1. The van der Waals surface area contributed by atoms with Gasteiger partial charge in [-0.3, -0.25) is 0 Å². The van der Waals surface area contributed by atoms with E-state index >= 15 is 0 Å². The van der Waals surface area contributed by atoms with Gasteiger partial charge in [-0.2, -0.15) is 0 Å². The molecule has 0 aliphatic heterocycles. The highest BCUT2D eigenvalue weighted by molar-refractivity contribution is 5.95. The fraction of sp³-hybridized carbons (Fsp3) is 0.364. The molecular weight excluding hydrogens is 178 g/mol. The van der Waals surface area contributed by atoms with E-state index in [-0.39, 0.29) is 5.97 Å². The Morgan fingerprint density at radius 3 is 2.79 bits per heavy atom. The average molecular weight is 193 g/mol. The van der Waals surface area contributed by atoms with E-state index in [0.717, 1.165) is 18.4 Å². The van der Waals surface area contributed by atoms with Gasteiger partial charge >= 0.3 is 5.97 Å². The van der Waals surface area contributed by atoms with Gasteiger partial charge in [-0.25, -0.2) is 4.79 Å². The van der Waals surface area contributed by atoms with Crippen LogP contribution in [-0.2, 0) is 11.2 Å². The molecule has 1 rings (SSSR count). The summed E-state index contributed by atoms with van der Waals surface area (Å²) in [6, 6.07) is 5.48. The number of nitrogen functional groups attached to an aromatic ring is 1. The summed E-state index contributed by atoms with van der Waals surface area (Å²) < 4.78 is 4.63. The fourth-order valence-electron chi connectivity index (χ4n) is 1.33. The predicted molar refractivity (Wildman–Crippen MR) is 56.2 cm³/mol. The minimum Gasteiger partial charge on any atom is -0.465 e. The molecule has 0 saturated carbocycles. The molecule has 1 aromatic rings. The lowest BCUT2D eigenvalue weighted by molar-refractivity contribution is 0.0602. The van der Waals surface area contributed by atoms with E-state index in [4.69, 9.17) is 5.73 Å². The quantitative estimate of drug-likeness (QED) is 0.590. The van der Waals surface area contributed by atoms with E-state index in [1.54, 1.807) is 12.1 Å². The molecule has 0 radical (unpaired) electrons. The summed E-state index contributed by atoms with van der Waals surface area (Å²) in [5.41, 5.74) is 7.70. The Kier molecular flexibility index (Phi) is 3.51. The van der Waals surface area contributed by atoms with Crippen molar-refractivity contribution in [1.82, 2.24) is 0 Å². The Hall–Kier alpha value is -1.51. The lowest BCUT2D eigenvalue weighted by Gasteiger charge is -2.05. The molecule has 0 saturated heterocycles. The first-order valence-corrected chi connectivity index (χ1v) is 4.65. The van der Waals surface area contributed by atoms with Crippen LogP contribution in [-0.4, -0.2) is 13.1 Å². The zero-order valence-corrected chi connectivity index (χ0v) is 8.54. The van der Waals surface area contributed by atoms with Crippen LogP contribution in [0.15, 0.2) is 18.2 Å². The number of methoxy groups -OCH3 is 1. The van der Waals surface area contributed by atoms with Crippen molar-refractivity contribution in [1.29, 1.82) is 0 Å². The smallest absolute Gasteiger partial charge is 0.339 e. The Morgan fingerprint density at radius 1 is 1.50 bits per heavy atom. The average Bonchev–Trinajstić information content (AvgIpc) is 2.20. The van der Waals surface area contributed by atoms with Gasteiger partial charge in [0.15, 0.2) is 0 Å². The highest BCUT2D eigenvalue weighted by atomic mass is 16.5. The zero-order chi connectivity index (χ0) is 10.6. The van der Waals surface area contributed by atoms with E-state index in [1.807, 2.05) is 6.07 Å². The maximum absolute atomic E-state index is 11.3. The topological polar surface area (TPSA) is 52.3 Å². The van der Waals surface area contributed by atoms with Crippen LogP contribution in [0.1, 0.15) is 29.3 Å². The summed E-state index contributed by atoms with van der Waals surface area (Å²) in [6.07, 6.45) is 1.99. The van der Waals surface area contributed by atoms with E-state index in [2.05, 4.69) is 11.7 Å². The van der Waals surface area contributed by atoms with Gasteiger partial charge in [0.05, 0.1) is 12.7 Å². The number of anilines is 1. The third-order valence-corrected chi connectivity index (χ3v) is 2.06. The van der Waals surface area contributed by atoms with Gasteiger partial charge in [0, 0.05) is 5.69 Å². The molecule has 3 nitrogen and oxygen atoms in total. The highest BCUT2D eigenvalue weighted by Crippen LogP contribution is 2.16. The molecule has 3 heteroatoms. The van der Waals surface area contributed by atoms with Gasteiger partial charge < -0.3 is 10.5 Å². The SMILES string of the molecule is CCCc1ccc(N)c(C(=O)OC)c1. The fourth-order valence-corrected chi connectivity index (χ4v) is 1.33. The molecular formula is C11H15NO2. The molecule has 0 amide bonds. The molecule has 1 aromatic carbocycles. The Morgan fingerprint density at radius 2 is 2.21 bits per heavy atom. The van der Waals surface area contributed by atoms with E-state index in [0.29, 0.717) is 11.3 Å². The van der Waals surface area contributed by atoms with Crippen LogP contribution in [0.5, 0.6) is 0 Å². The standard InChI is InChI=1S/C11H15NO2/c1-3-4-8-5-6-10(12)9(7-8)11(13)14-2/h5-7H,3-4,12H2,1-2H3. The molecule has 0 aromatic heterocycles. The summed E-state index contributed by atoms with van der Waals surface area (Å²) in [5.74, 6) is -0.375. The molecule has 0 aliphatic carbocycles. The first kappa shape index (κ1) is 10.6. The lowest BCUT2D eigenvalue weighted by atomic mass is 10.1. The number of carbonyl (C=O) groups is 1. The molecule has 76 valence electrons. The lowest BCUT2D eigenvalue weighted by Crippen LogP contribution is -2.06. The van der Waals surface area contributed by atoms with Crippen LogP contribution in [0.3, 0.4) is 0 Å². The van der Waals surface area contributed by atoms with Gasteiger partial charge in [-0.05, 0) is 24.1 Å². The van der Waals surface area contributed by atoms with Crippen molar-refractivity contribution in [3.8, 4) is 0 Å². The minimum atomic E-state index is -0.375. The third-order valence-electron chi connectivity index (χ3n) is 2.06. The Bertz CT molecular complexity index is 334. The second kappa shape index (κ2) is 4.65. The number of hydrogen-bond acceptors (Lipinski definition) is 3. The second-order valence-electron chi connectivity index (χ2n) is 3.16. The normalized spacial score (nSPS) is 9.86. The van der Waals surface area contributed by atoms with Gasteiger partial charge in [0.25, 0.3) is 0 Å². The van der Waals surface area contributed by atoms with Crippen molar-refractivity contribution < 1.29 is 9.53 Å². The number of esters is 1. The maximum atomic E-state index is 11.3. The summed E-state index contributed by atoms with van der Waals surface area (Å²) in [5, 5.41) is 0. The molecule has 2 N–H and O–H groups in total. The Balaban J connectivity index is 3.01. The summed E-state index contributed by atoms with van der Waals surface area (Å²) in [7, 11) is 1.36. The first-order chi connectivity index (χ1) is 6.69. The largest absolute Gasteiger partial charge is 0.465 e. The monoisotopic (exact) mass is 193 g/mol. The van der Waals surface area contributed by atoms with Crippen molar-refractivity contribution in [2.75, 3.05) is 12.8 Å². The van der Waals surface area contributed by atoms with Crippen molar-refractivity contribution in [3.63, 3.8) is 0 Å². The first-order valence-electron chi connectivity index (χ1n) is 4.65. The maximum Gasteiger partial charge on any atom is 0.339 e. The molecule has 0 aliphatic rings. The zero-order valence-electron chi connectivity index (χ0n) is 8.54. The number of nitrogens with two attached hydrogens (primary N) is 1. The number of ether oxygens (including phenoxy) is 1. The van der Waals surface area contributed by atoms with Crippen molar-refractivity contribution in [2.45, 2.75) is 19.8 Å². The van der Waals surface area contributed by atoms with Crippen LogP contribution >= 0.6 is 0 Å². The third kappa shape index (κ3) is 2.25. The van der Waals surface area contributed by atoms with E-state index in [9.17, 15) is 4.79 Å². The van der Waals surface area contributed by atoms with Gasteiger partial charge in [-0.15, -0.1) is 0 Å². The summed E-state index contributed by atoms with van der Waals surface area (Å²) in [6.45, 7) is 2.09. The van der Waals surface area contributed by atoms with Gasteiger partial charge in [0.2, 0.25) is 0 Å². The van der Waals surface area contributed by atoms with Crippen molar-refractivity contribution >= 4 is 11.7 Å². The van der Waals surface area contributed by atoms with Crippen LogP contribution in [0, 0.1) is 0 Å². The molecule has 0 unspecified atom stereocenters. The minimum absolute atomic E-state index is 0.375. The predicted octanol–water partition coefficient (Wildman–Crippen LogP) is 2.01. The molecule has 0 heterocycles. The van der Waals surface area contributed by atoms with Crippen LogP contribution < -0.4 is 5.73 Å². The molecule has 0 bridgehead atoms. The number of hydrogen-bond donors (Lipinski definition) is 1. The van der Waals surface area contributed by atoms with Crippen LogP contribution in [0.4, 0.5) is 5.69 Å². The van der Waals surface area contributed by atoms with Crippen LogP contribution in [0.25, 0.3) is 0 Å². The van der Waals surface area contributed by atoms with E-state index in [1.165, 1.54) is 7.11 Å². The number of benzene rings is 1. The molecule has 0 fully saturated rings. The number of rotatable bonds is 3. The van der Waals surface area contributed by atoms with E-state index < -0.39 is 0 Å². The van der Waals surface area contributed by atoms with Crippen molar-refractivity contribution in [3.05, 3.63) is 29.3 Å². The van der Waals surface area contributed by atoms with Crippen molar-refractivity contribution in [2.24, 2.45) is 0 Å².